The van der Waals surface area contributed by atoms with Gasteiger partial charge in [0, 0.05) is 18.9 Å². The molecule has 5 heteroatoms. The molecule has 1 aliphatic rings. The second-order valence-corrected chi connectivity index (χ2v) is 4.61. The van der Waals surface area contributed by atoms with Crippen LogP contribution in [-0.2, 0) is 6.54 Å². The van der Waals surface area contributed by atoms with Gasteiger partial charge in [-0.1, -0.05) is 11.6 Å². The average Bonchev–Trinajstić information content (AvgIpc) is 2.33. The number of likely N-dealkylation sites (tertiary alicyclic amines) is 1. The van der Waals surface area contributed by atoms with Crippen molar-refractivity contribution in [3.8, 4) is 0 Å². The van der Waals surface area contributed by atoms with Crippen molar-refractivity contribution >= 4 is 11.6 Å². The summed E-state index contributed by atoms with van der Waals surface area (Å²) in [7, 11) is 0. The van der Waals surface area contributed by atoms with Gasteiger partial charge in [0.25, 0.3) is 0 Å². The van der Waals surface area contributed by atoms with Gasteiger partial charge >= 0.3 is 0 Å². The van der Waals surface area contributed by atoms with Gasteiger partial charge < -0.3 is 5.73 Å². The van der Waals surface area contributed by atoms with Gasteiger partial charge in [-0.25, -0.2) is 4.98 Å². The summed E-state index contributed by atoms with van der Waals surface area (Å²) in [6, 6.07) is 0. The fourth-order valence-electron chi connectivity index (χ4n) is 2.05. The molecule has 0 aliphatic carbocycles. The van der Waals surface area contributed by atoms with E-state index in [9.17, 15) is 0 Å². The Kier molecular flexibility index (Phi) is 4.09. The maximum absolute atomic E-state index is 5.98. The van der Waals surface area contributed by atoms with Crippen molar-refractivity contribution in [2.75, 3.05) is 19.6 Å². The largest absolute Gasteiger partial charge is 0.330 e. The zero-order valence-corrected chi connectivity index (χ0v) is 10.0. The van der Waals surface area contributed by atoms with Crippen LogP contribution in [0.25, 0.3) is 0 Å². The maximum atomic E-state index is 5.98. The zero-order chi connectivity index (χ0) is 11.4. The van der Waals surface area contributed by atoms with Gasteiger partial charge in [-0.2, -0.15) is 0 Å². The van der Waals surface area contributed by atoms with Gasteiger partial charge in [0.15, 0.2) is 5.15 Å². The first kappa shape index (κ1) is 11.8. The summed E-state index contributed by atoms with van der Waals surface area (Å²) in [4.78, 5) is 10.6. The number of nitrogens with two attached hydrogens (primary N) is 1. The number of nitrogens with zero attached hydrogens (tertiary/aromatic N) is 3. The van der Waals surface area contributed by atoms with Gasteiger partial charge in [-0.15, -0.1) is 0 Å². The van der Waals surface area contributed by atoms with Crippen LogP contribution in [0, 0.1) is 5.92 Å². The standard InChI is InChI=1S/C11H17ClN4/c12-11-10(14-3-4-15-11)8-16-5-1-9(7-13)2-6-16/h3-4,9H,1-2,5-8,13H2. The molecule has 1 aliphatic heterocycles. The molecule has 0 saturated carbocycles. The van der Waals surface area contributed by atoms with E-state index in [1.165, 1.54) is 12.8 Å². The molecule has 0 atom stereocenters. The van der Waals surface area contributed by atoms with Crippen LogP contribution in [0.3, 0.4) is 0 Å². The number of halogens is 1. The molecule has 2 heterocycles. The molecular formula is C11H17ClN4. The summed E-state index contributed by atoms with van der Waals surface area (Å²) in [6.45, 7) is 3.76. The predicted octanol–water partition coefficient (Wildman–Crippen LogP) is 1.30. The summed E-state index contributed by atoms with van der Waals surface area (Å²) in [5, 5.41) is 0.517. The van der Waals surface area contributed by atoms with Crippen LogP contribution in [0.15, 0.2) is 12.4 Å². The van der Waals surface area contributed by atoms with Crippen LogP contribution in [-0.4, -0.2) is 34.5 Å². The molecule has 0 radical (unpaired) electrons. The van der Waals surface area contributed by atoms with Crippen LogP contribution in [0.5, 0.6) is 0 Å². The van der Waals surface area contributed by atoms with Crippen molar-refractivity contribution in [3.05, 3.63) is 23.2 Å². The van der Waals surface area contributed by atoms with Crippen LogP contribution in [0.1, 0.15) is 18.5 Å². The Labute approximate surface area is 101 Å². The lowest BCUT2D eigenvalue weighted by Gasteiger charge is -2.30. The second kappa shape index (κ2) is 5.57. The normalized spacial score (nSPS) is 18.9. The summed E-state index contributed by atoms with van der Waals surface area (Å²) in [6.07, 6.45) is 5.66. The Morgan fingerprint density at radius 2 is 2.00 bits per heavy atom. The van der Waals surface area contributed by atoms with E-state index in [0.717, 1.165) is 31.9 Å². The molecule has 0 aromatic carbocycles. The van der Waals surface area contributed by atoms with Gasteiger partial charge in [0.1, 0.15) is 0 Å². The van der Waals surface area contributed by atoms with E-state index in [1.54, 1.807) is 12.4 Å². The highest BCUT2D eigenvalue weighted by Crippen LogP contribution is 2.19. The molecule has 0 spiro atoms. The number of piperidine rings is 1. The van der Waals surface area contributed by atoms with E-state index in [0.29, 0.717) is 11.1 Å². The van der Waals surface area contributed by atoms with E-state index in [4.69, 9.17) is 17.3 Å². The van der Waals surface area contributed by atoms with Crippen molar-refractivity contribution in [2.45, 2.75) is 19.4 Å². The lowest BCUT2D eigenvalue weighted by Crippen LogP contribution is -2.35. The molecule has 0 unspecified atom stereocenters. The summed E-state index contributed by atoms with van der Waals surface area (Å²) in [5.41, 5.74) is 6.53. The maximum Gasteiger partial charge on any atom is 0.151 e. The van der Waals surface area contributed by atoms with Crippen molar-refractivity contribution in [2.24, 2.45) is 11.7 Å². The third kappa shape index (κ3) is 2.90. The topological polar surface area (TPSA) is 55.0 Å². The fraction of sp³-hybridized carbons (Fsp3) is 0.636. The van der Waals surface area contributed by atoms with Crippen molar-refractivity contribution < 1.29 is 0 Å². The highest BCUT2D eigenvalue weighted by Gasteiger charge is 2.19. The molecule has 0 amide bonds. The van der Waals surface area contributed by atoms with Gasteiger partial charge in [0.2, 0.25) is 0 Å². The molecule has 16 heavy (non-hydrogen) atoms. The third-order valence-electron chi connectivity index (χ3n) is 3.14. The first-order valence-electron chi connectivity index (χ1n) is 5.67. The molecule has 2 N–H and O–H groups in total. The zero-order valence-electron chi connectivity index (χ0n) is 9.27. The lowest BCUT2D eigenvalue weighted by molar-refractivity contribution is 0.178. The van der Waals surface area contributed by atoms with Crippen molar-refractivity contribution in [3.63, 3.8) is 0 Å². The monoisotopic (exact) mass is 240 g/mol. The van der Waals surface area contributed by atoms with Gasteiger partial charge in [-0.3, -0.25) is 9.88 Å². The molecule has 1 fully saturated rings. The molecule has 0 bridgehead atoms. The van der Waals surface area contributed by atoms with Crippen LogP contribution in [0.2, 0.25) is 5.15 Å². The van der Waals surface area contributed by atoms with Crippen LogP contribution >= 0.6 is 11.6 Å². The third-order valence-corrected chi connectivity index (χ3v) is 3.45. The van der Waals surface area contributed by atoms with E-state index in [-0.39, 0.29) is 0 Å². The summed E-state index contributed by atoms with van der Waals surface area (Å²) < 4.78 is 0. The highest BCUT2D eigenvalue weighted by molar-refractivity contribution is 6.29. The molecule has 88 valence electrons. The van der Waals surface area contributed by atoms with E-state index < -0.39 is 0 Å². The molecule has 1 aromatic rings. The van der Waals surface area contributed by atoms with Gasteiger partial charge in [0.05, 0.1) is 5.69 Å². The molecule has 1 aromatic heterocycles. The van der Waals surface area contributed by atoms with E-state index in [2.05, 4.69) is 14.9 Å². The predicted molar refractivity (Wildman–Crippen MR) is 64.1 cm³/mol. The van der Waals surface area contributed by atoms with E-state index >= 15 is 0 Å². The second-order valence-electron chi connectivity index (χ2n) is 4.25. The Morgan fingerprint density at radius 1 is 1.31 bits per heavy atom. The summed E-state index contributed by atoms with van der Waals surface area (Å²) in [5.74, 6) is 0.688. The fourth-order valence-corrected chi connectivity index (χ4v) is 2.21. The van der Waals surface area contributed by atoms with Crippen molar-refractivity contribution in [1.82, 2.24) is 14.9 Å². The molecule has 1 saturated heterocycles. The minimum Gasteiger partial charge on any atom is -0.330 e. The number of hydrogen-bond donors (Lipinski definition) is 1. The Balaban J connectivity index is 1.89. The molecular weight excluding hydrogens is 224 g/mol. The minimum atomic E-state index is 0.517. The highest BCUT2D eigenvalue weighted by atomic mass is 35.5. The Hall–Kier alpha value is -0.710. The van der Waals surface area contributed by atoms with Gasteiger partial charge in [-0.05, 0) is 38.4 Å². The SMILES string of the molecule is NCC1CCN(Cc2nccnc2Cl)CC1. The molecule has 4 nitrogen and oxygen atoms in total. The lowest BCUT2D eigenvalue weighted by atomic mass is 9.97. The minimum absolute atomic E-state index is 0.517. The summed E-state index contributed by atoms with van der Waals surface area (Å²) >= 11 is 5.98. The first-order valence-corrected chi connectivity index (χ1v) is 6.05. The van der Waals surface area contributed by atoms with Crippen LogP contribution < -0.4 is 5.73 Å². The number of hydrogen-bond acceptors (Lipinski definition) is 4. The smallest absolute Gasteiger partial charge is 0.151 e. The van der Waals surface area contributed by atoms with Crippen molar-refractivity contribution in [1.29, 1.82) is 0 Å². The first-order chi connectivity index (χ1) is 7.79. The molecule has 2 rings (SSSR count). The van der Waals surface area contributed by atoms with Crippen LogP contribution in [0.4, 0.5) is 0 Å². The number of aromatic nitrogens is 2. The Bertz CT molecular complexity index is 337. The Morgan fingerprint density at radius 3 is 2.62 bits per heavy atom. The quantitative estimate of drug-likeness (QED) is 0.866. The average molecular weight is 241 g/mol. The van der Waals surface area contributed by atoms with E-state index in [1.807, 2.05) is 0 Å². The number of rotatable bonds is 3.